The average molecular weight is 191 g/mol. The SMILES string of the molecule is C1=CC=CNC=C1.[Tc]. The molecule has 0 saturated heterocycles. The fourth-order valence-corrected chi connectivity index (χ4v) is 0.406. The molecule has 1 nitrogen and oxygen atoms in total. The second kappa shape index (κ2) is 4.82. The van der Waals surface area contributed by atoms with Gasteiger partial charge < -0.3 is 5.32 Å². The molecule has 0 bridgehead atoms. The van der Waals surface area contributed by atoms with Gasteiger partial charge in [0.25, 0.3) is 0 Å². The third-order valence-electron chi connectivity index (χ3n) is 0.718. The third-order valence-corrected chi connectivity index (χ3v) is 0.718. The van der Waals surface area contributed by atoms with E-state index in [1.807, 2.05) is 36.7 Å². The van der Waals surface area contributed by atoms with Crippen molar-refractivity contribution < 1.29 is 20.1 Å². The Balaban J connectivity index is 0.000000490. The summed E-state index contributed by atoms with van der Waals surface area (Å²) in [5, 5.41) is 2.92. The smallest absolute Gasteiger partial charge is 0.000442 e. The van der Waals surface area contributed by atoms with Gasteiger partial charge in [-0.25, -0.2) is 0 Å². The van der Waals surface area contributed by atoms with Crippen molar-refractivity contribution in [2.75, 3.05) is 0 Å². The maximum Gasteiger partial charge on any atom is 0.000442 e. The Hall–Kier alpha value is -0.331. The molecule has 0 aromatic rings. The minimum atomic E-state index is 0. The van der Waals surface area contributed by atoms with Gasteiger partial charge in [0.05, 0.1) is 0 Å². The predicted molar refractivity (Wildman–Crippen MR) is 30.6 cm³/mol. The Kier molecular flexibility index (Phi) is 4.62. The van der Waals surface area contributed by atoms with Crippen LogP contribution in [0.4, 0.5) is 0 Å². The first-order chi connectivity index (χ1) is 3.50. The van der Waals surface area contributed by atoms with Crippen molar-refractivity contribution in [3.8, 4) is 0 Å². The van der Waals surface area contributed by atoms with E-state index in [4.69, 9.17) is 0 Å². The maximum atomic E-state index is 2.92. The topological polar surface area (TPSA) is 12.0 Å². The monoisotopic (exact) mass is 190 g/mol. The zero-order chi connectivity index (χ0) is 4.95. The summed E-state index contributed by atoms with van der Waals surface area (Å²) in [4.78, 5) is 0. The molecular weight excluding hydrogens is 184 g/mol. The molecule has 0 unspecified atom stereocenters. The van der Waals surface area contributed by atoms with Crippen molar-refractivity contribution >= 4 is 0 Å². The van der Waals surface area contributed by atoms with Crippen molar-refractivity contribution in [2.45, 2.75) is 0 Å². The van der Waals surface area contributed by atoms with Gasteiger partial charge in [0, 0.05) is 32.5 Å². The van der Waals surface area contributed by atoms with E-state index in [0.29, 0.717) is 0 Å². The van der Waals surface area contributed by atoms with Crippen LogP contribution in [0.25, 0.3) is 0 Å². The van der Waals surface area contributed by atoms with Gasteiger partial charge in [-0.1, -0.05) is 12.2 Å². The molecule has 0 aromatic carbocycles. The van der Waals surface area contributed by atoms with Gasteiger partial charge in [-0.15, -0.1) is 0 Å². The van der Waals surface area contributed by atoms with Gasteiger partial charge in [-0.2, -0.15) is 0 Å². The maximum absolute atomic E-state index is 2.92. The zero-order valence-electron chi connectivity index (χ0n) is 4.34. The fraction of sp³-hybridized carbons (Fsp3) is 0. The predicted octanol–water partition coefficient (Wildman–Crippen LogP) is 1.17. The molecule has 0 saturated carbocycles. The van der Waals surface area contributed by atoms with Crippen molar-refractivity contribution in [3.63, 3.8) is 0 Å². The second-order valence-corrected chi connectivity index (χ2v) is 1.27. The molecule has 1 N–H and O–H groups in total. The molecule has 8 heavy (non-hydrogen) atoms. The molecule has 0 spiro atoms. The van der Waals surface area contributed by atoms with Crippen LogP contribution in [0.5, 0.6) is 0 Å². The second-order valence-electron chi connectivity index (χ2n) is 1.27. The van der Waals surface area contributed by atoms with Crippen LogP contribution in [0, 0.1) is 0 Å². The van der Waals surface area contributed by atoms with Crippen LogP contribution >= 0.6 is 0 Å². The van der Waals surface area contributed by atoms with Gasteiger partial charge >= 0.3 is 0 Å². The Morgan fingerprint density at radius 3 is 1.75 bits per heavy atom. The summed E-state index contributed by atoms with van der Waals surface area (Å²) >= 11 is 0. The third kappa shape index (κ3) is 2.78. The molecule has 1 radical (unpaired) electrons. The molecule has 1 aliphatic heterocycles. The van der Waals surface area contributed by atoms with Crippen molar-refractivity contribution in [2.24, 2.45) is 0 Å². The van der Waals surface area contributed by atoms with Crippen LogP contribution < -0.4 is 5.32 Å². The Morgan fingerprint density at radius 2 is 1.25 bits per heavy atom. The van der Waals surface area contributed by atoms with Gasteiger partial charge in [0.1, 0.15) is 0 Å². The quantitative estimate of drug-likeness (QED) is 0.606. The molecule has 1 aliphatic rings. The minimum Gasteiger partial charge on any atom is -0.368 e. The molecule has 43 valence electrons. The van der Waals surface area contributed by atoms with Crippen LogP contribution in [-0.2, 0) is 20.1 Å². The molecular formula is C6H7NTc. The van der Waals surface area contributed by atoms with Crippen LogP contribution in [0.1, 0.15) is 0 Å². The van der Waals surface area contributed by atoms with Gasteiger partial charge in [-0.3, -0.25) is 0 Å². The van der Waals surface area contributed by atoms with Gasteiger partial charge in [-0.05, 0) is 12.2 Å². The first-order valence-electron chi connectivity index (χ1n) is 2.24. The van der Waals surface area contributed by atoms with Crippen LogP contribution in [-0.4, -0.2) is 0 Å². The number of hydrogen-bond donors (Lipinski definition) is 1. The Bertz CT molecular complexity index is 110. The summed E-state index contributed by atoms with van der Waals surface area (Å²) in [5.41, 5.74) is 0. The molecule has 0 amide bonds. The standard InChI is InChI=1S/C6H7N.Tc/c1-2-4-6-7-5-3-1;/h1-7H;. The van der Waals surface area contributed by atoms with Crippen molar-refractivity contribution in [1.29, 1.82) is 0 Å². The van der Waals surface area contributed by atoms with E-state index in [2.05, 4.69) is 5.32 Å². The van der Waals surface area contributed by atoms with E-state index < -0.39 is 0 Å². The molecule has 1 rings (SSSR count). The van der Waals surface area contributed by atoms with Crippen molar-refractivity contribution in [1.82, 2.24) is 5.32 Å². The first kappa shape index (κ1) is 7.67. The fourth-order valence-electron chi connectivity index (χ4n) is 0.406. The molecule has 0 atom stereocenters. The molecule has 0 aliphatic carbocycles. The molecule has 2 heteroatoms. The van der Waals surface area contributed by atoms with E-state index >= 15 is 0 Å². The normalized spacial score (nSPS) is 14.0. The van der Waals surface area contributed by atoms with Gasteiger partial charge in [0.2, 0.25) is 0 Å². The Morgan fingerprint density at radius 1 is 0.750 bits per heavy atom. The summed E-state index contributed by atoms with van der Waals surface area (Å²) < 4.78 is 0. The summed E-state index contributed by atoms with van der Waals surface area (Å²) in [6, 6.07) is 0. The first-order valence-corrected chi connectivity index (χ1v) is 2.24. The number of nitrogens with one attached hydrogen (secondary N) is 1. The summed E-state index contributed by atoms with van der Waals surface area (Å²) in [6.07, 6.45) is 11.6. The average Bonchev–Trinajstić information content (AvgIpc) is 1.90. The zero-order valence-corrected chi connectivity index (χ0v) is 6.20. The summed E-state index contributed by atoms with van der Waals surface area (Å²) in [5.74, 6) is 0. The van der Waals surface area contributed by atoms with Crippen LogP contribution in [0.3, 0.4) is 0 Å². The molecule has 0 aromatic heterocycles. The van der Waals surface area contributed by atoms with E-state index in [0.717, 1.165) is 0 Å². The summed E-state index contributed by atoms with van der Waals surface area (Å²) in [7, 11) is 0. The Labute approximate surface area is 62.5 Å². The number of allylic oxidation sites excluding steroid dienone is 4. The van der Waals surface area contributed by atoms with E-state index in [-0.39, 0.29) is 20.1 Å². The van der Waals surface area contributed by atoms with E-state index in [1.54, 1.807) is 0 Å². The molecule has 0 fully saturated rings. The number of rotatable bonds is 0. The van der Waals surface area contributed by atoms with Crippen molar-refractivity contribution in [3.05, 3.63) is 36.7 Å². The largest absolute Gasteiger partial charge is 0.368 e. The van der Waals surface area contributed by atoms with Crippen LogP contribution in [0.2, 0.25) is 0 Å². The van der Waals surface area contributed by atoms with E-state index in [9.17, 15) is 0 Å². The number of hydrogen-bond acceptors (Lipinski definition) is 1. The van der Waals surface area contributed by atoms with Gasteiger partial charge in [0.15, 0.2) is 0 Å². The molecule has 1 heterocycles. The van der Waals surface area contributed by atoms with E-state index in [1.165, 1.54) is 0 Å². The van der Waals surface area contributed by atoms with Crippen LogP contribution in [0.15, 0.2) is 36.7 Å². The minimum absolute atomic E-state index is 0. The summed E-state index contributed by atoms with van der Waals surface area (Å²) in [6.45, 7) is 0.